The molecule has 0 bridgehead atoms. The third-order valence-corrected chi connectivity index (χ3v) is 7.59. The topological polar surface area (TPSA) is 133 Å². The van der Waals surface area contributed by atoms with Crippen molar-refractivity contribution in [2.45, 2.75) is 75.9 Å². The number of halogens is 2. The molecule has 1 saturated heterocycles. The first-order chi connectivity index (χ1) is 17.7. The van der Waals surface area contributed by atoms with Crippen LogP contribution in [0.4, 0.5) is 0 Å². The lowest BCUT2D eigenvalue weighted by molar-refractivity contribution is -0.141. The summed E-state index contributed by atoms with van der Waals surface area (Å²) in [5.41, 5.74) is 0.770. The number of ketones is 1. The van der Waals surface area contributed by atoms with Crippen molar-refractivity contribution in [3.63, 3.8) is 0 Å². The summed E-state index contributed by atoms with van der Waals surface area (Å²) in [7, 11) is 0. The number of hydrogen-bond acceptors (Lipinski definition) is 5. The van der Waals surface area contributed by atoms with Gasteiger partial charge in [-0.05, 0) is 62.1 Å². The molecule has 9 nitrogen and oxygen atoms in total. The number of amides is 4. The van der Waals surface area contributed by atoms with Crippen LogP contribution >= 0.6 is 23.2 Å². The summed E-state index contributed by atoms with van der Waals surface area (Å²) in [6.07, 6.45) is 5.06. The molecular formula is C26H32Cl2N4O5. The second kappa shape index (κ2) is 12.3. The second-order valence-electron chi connectivity index (χ2n) is 10.2. The Morgan fingerprint density at radius 2 is 1.73 bits per heavy atom. The van der Waals surface area contributed by atoms with Crippen molar-refractivity contribution >= 4 is 52.6 Å². The van der Waals surface area contributed by atoms with E-state index in [4.69, 9.17) is 23.2 Å². The van der Waals surface area contributed by atoms with E-state index in [2.05, 4.69) is 21.3 Å². The molecule has 0 radical (unpaired) electrons. The predicted molar refractivity (Wildman–Crippen MR) is 138 cm³/mol. The minimum Gasteiger partial charge on any atom is -0.356 e. The molecule has 1 aromatic rings. The Hall–Kier alpha value is -2.65. The van der Waals surface area contributed by atoms with E-state index in [0.29, 0.717) is 41.8 Å². The van der Waals surface area contributed by atoms with Crippen molar-refractivity contribution in [2.75, 3.05) is 6.54 Å². The van der Waals surface area contributed by atoms with Crippen LogP contribution in [0.3, 0.4) is 0 Å². The van der Waals surface area contributed by atoms with Crippen LogP contribution in [-0.4, -0.2) is 54.1 Å². The highest BCUT2D eigenvalue weighted by atomic mass is 35.5. The third kappa shape index (κ3) is 8.17. The molecule has 4 amide bonds. The van der Waals surface area contributed by atoms with Gasteiger partial charge in [0.2, 0.25) is 23.5 Å². The first-order valence-corrected chi connectivity index (χ1v) is 13.6. The predicted octanol–water partition coefficient (Wildman–Crippen LogP) is 2.07. The number of nitrogens with one attached hydrogen (secondary N) is 4. The van der Waals surface area contributed by atoms with Crippen molar-refractivity contribution in [3.05, 3.63) is 33.8 Å². The molecule has 1 aromatic carbocycles. The lowest BCUT2D eigenvalue weighted by atomic mass is 9.95. The highest BCUT2D eigenvalue weighted by molar-refractivity contribution is 6.38. The van der Waals surface area contributed by atoms with Gasteiger partial charge in [-0.25, -0.2) is 0 Å². The molecular weight excluding hydrogens is 519 g/mol. The SMILES string of the molecule is O=C(CCc1ccc(Cl)cc1Cl)N[C@@H](CC1CC1)C(=O)NC(C[C@@H]1CCNC1=O)C(=O)C(=O)NC1CC1. The van der Waals surface area contributed by atoms with E-state index >= 15 is 0 Å². The van der Waals surface area contributed by atoms with Crippen LogP contribution in [0.2, 0.25) is 10.0 Å². The van der Waals surface area contributed by atoms with E-state index < -0.39 is 35.6 Å². The summed E-state index contributed by atoms with van der Waals surface area (Å²) in [5, 5.41) is 11.8. The van der Waals surface area contributed by atoms with Gasteiger partial charge in [0.25, 0.3) is 5.91 Å². The standard InChI is InChI=1S/C26H32Cl2N4O5/c27-17-5-3-15(19(28)13-17)4-8-22(33)31-21(11-14-1-2-14)25(36)32-20(12-16-9-10-29-24(16)35)23(34)26(37)30-18-6-7-18/h3,5,13-14,16,18,20-21H,1-2,4,6-12H2,(H,29,35)(H,30,37)(H,31,33)(H,32,36)/t16-,20?,21-/m0/s1. The van der Waals surface area contributed by atoms with E-state index in [1.807, 2.05) is 0 Å². The van der Waals surface area contributed by atoms with Gasteiger partial charge in [-0.15, -0.1) is 0 Å². The zero-order valence-electron chi connectivity index (χ0n) is 20.5. The quantitative estimate of drug-likeness (QED) is 0.279. The van der Waals surface area contributed by atoms with Crippen LogP contribution in [0.15, 0.2) is 18.2 Å². The normalized spacial score (nSPS) is 20.5. The Labute approximate surface area is 225 Å². The zero-order valence-corrected chi connectivity index (χ0v) is 22.0. The van der Waals surface area contributed by atoms with Crippen LogP contribution in [0.1, 0.15) is 56.9 Å². The smallest absolute Gasteiger partial charge is 0.289 e. The van der Waals surface area contributed by atoms with Crippen molar-refractivity contribution < 1.29 is 24.0 Å². The summed E-state index contributed by atoms with van der Waals surface area (Å²) in [4.78, 5) is 63.6. The van der Waals surface area contributed by atoms with E-state index in [1.165, 1.54) is 0 Å². The molecule has 11 heteroatoms. The van der Waals surface area contributed by atoms with Gasteiger partial charge in [0.15, 0.2) is 0 Å². The number of benzene rings is 1. The van der Waals surface area contributed by atoms with Crippen molar-refractivity contribution in [2.24, 2.45) is 11.8 Å². The monoisotopic (exact) mass is 550 g/mol. The summed E-state index contributed by atoms with van der Waals surface area (Å²) < 4.78 is 0. The molecule has 2 aliphatic carbocycles. The Kier molecular flexibility index (Phi) is 9.08. The van der Waals surface area contributed by atoms with Crippen LogP contribution in [0.5, 0.6) is 0 Å². The molecule has 4 rings (SSSR count). The summed E-state index contributed by atoms with van der Waals surface area (Å²) in [6.45, 7) is 0.491. The summed E-state index contributed by atoms with van der Waals surface area (Å²) >= 11 is 12.1. The highest BCUT2D eigenvalue weighted by Crippen LogP contribution is 2.33. The van der Waals surface area contributed by atoms with Gasteiger partial charge in [-0.1, -0.05) is 42.1 Å². The van der Waals surface area contributed by atoms with Gasteiger partial charge >= 0.3 is 0 Å². The molecule has 0 spiro atoms. The van der Waals surface area contributed by atoms with Crippen LogP contribution in [0, 0.1) is 11.8 Å². The summed E-state index contributed by atoms with van der Waals surface area (Å²) in [6, 6.07) is 3.06. The number of Topliss-reactive ketones (excluding diaryl/α,β-unsaturated/α-hetero) is 1. The maximum absolute atomic E-state index is 13.3. The zero-order chi connectivity index (χ0) is 26.5. The molecule has 1 aliphatic heterocycles. The van der Waals surface area contributed by atoms with E-state index in [9.17, 15) is 24.0 Å². The molecule has 37 heavy (non-hydrogen) atoms. The Morgan fingerprint density at radius 1 is 0.973 bits per heavy atom. The fraction of sp³-hybridized carbons (Fsp3) is 0.577. The second-order valence-corrected chi connectivity index (χ2v) is 11.1. The highest BCUT2D eigenvalue weighted by Gasteiger charge is 2.38. The number of carbonyl (C=O) groups is 5. The molecule has 2 saturated carbocycles. The molecule has 0 aromatic heterocycles. The van der Waals surface area contributed by atoms with Crippen molar-refractivity contribution in [1.82, 2.24) is 21.3 Å². The van der Waals surface area contributed by atoms with Gasteiger partial charge < -0.3 is 21.3 Å². The molecule has 4 N–H and O–H groups in total. The van der Waals surface area contributed by atoms with Gasteiger partial charge in [0, 0.05) is 35.0 Å². The Bertz CT molecular complexity index is 1070. The van der Waals surface area contributed by atoms with Crippen LogP contribution in [-0.2, 0) is 30.4 Å². The first-order valence-electron chi connectivity index (χ1n) is 12.9. The molecule has 1 heterocycles. The average molecular weight is 551 g/mol. The molecule has 3 aliphatic rings. The Balaban J connectivity index is 1.39. The van der Waals surface area contributed by atoms with Crippen LogP contribution < -0.4 is 21.3 Å². The van der Waals surface area contributed by atoms with E-state index in [0.717, 1.165) is 31.2 Å². The number of carbonyl (C=O) groups excluding carboxylic acids is 5. The Morgan fingerprint density at radius 3 is 2.35 bits per heavy atom. The average Bonchev–Trinajstić information content (AvgIpc) is 3.78. The maximum atomic E-state index is 13.3. The maximum Gasteiger partial charge on any atom is 0.289 e. The van der Waals surface area contributed by atoms with E-state index in [1.54, 1.807) is 18.2 Å². The minimum absolute atomic E-state index is 0.0152. The molecule has 200 valence electrons. The van der Waals surface area contributed by atoms with Gasteiger partial charge in [0.1, 0.15) is 6.04 Å². The van der Waals surface area contributed by atoms with Gasteiger partial charge in [-0.3, -0.25) is 24.0 Å². The molecule has 3 atom stereocenters. The third-order valence-electron chi connectivity index (χ3n) is 7.01. The van der Waals surface area contributed by atoms with E-state index in [-0.39, 0.29) is 30.7 Å². The van der Waals surface area contributed by atoms with Crippen molar-refractivity contribution in [1.29, 1.82) is 0 Å². The van der Waals surface area contributed by atoms with Gasteiger partial charge in [0.05, 0.1) is 6.04 Å². The van der Waals surface area contributed by atoms with Crippen LogP contribution in [0.25, 0.3) is 0 Å². The number of hydrogen-bond donors (Lipinski definition) is 4. The largest absolute Gasteiger partial charge is 0.356 e. The summed E-state index contributed by atoms with van der Waals surface area (Å²) in [5.74, 6) is -2.73. The lowest BCUT2D eigenvalue weighted by Gasteiger charge is -2.24. The minimum atomic E-state index is -1.15. The first kappa shape index (κ1) is 27.4. The van der Waals surface area contributed by atoms with Gasteiger partial charge in [-0.2, -0.15) is 0 Å². The fourth-order valence-electron chi connectivity index (χ4n) is 4.46. The molecule has 3 fully saturated rings. The van der Waals surface area contributed by atoms with Crippen molar-refractivity contribution in [3.8, 4) is 0 Å². The fourth-order valence-corrected chi connectivity index (χ4v) is 4.96. The number of rotatable bonds is 13. The molecule has 1 unspecified atom stereocenters. The lowest BCUT2D eigenvalue weighted by Crippen LogP contribution is -2.54. The number of aryl methyl sites for hydroxylation is 1.